The lowest BCUT2D eigenvalue weighted by Gasteiger charge is -2.13. The molecule has 1 aromatic rings. The molecule has 0 heterocycles. The topological polar surface area (TPSA) is 53.7 Å². The second kappa shape index (κ2) is 4.72. The first-order valence-electron chi connectivity index (χ1n) is 4.13. The SMILES string of the molecule is [CH2]Oc1cc(OC)c(CN)c(OC)c1. The molecule has 0 fully saturated rings. The van der Waals surface area contributed by atoms with Gasteiger partial charge in [0, 0.05) is 24.2 Å². The van der Waals surface area contributed by atoms with Gasteiger partial charge in [0.05, 0.1) is 14.2 Å². The van der Waals surface area contributed by atoms with Crippen molar-refractivity contribution in [3.05, 3.63) is 24.8 Å². The highest BCUT2D eigenvalue weighted by atomic mass is 16.5. The molecule has 1 radical (unpaired) electrons. The highest BCUT2D eigenvalue weighted by Crippen LogP contribution is 2.33. The Bertz CT molecular complexity index is 287. The van der Waals surface area contributed by atoms with E-state index in [1.54, 1.807) is 26.4 Å². The summed E-state index contributed by atoms with van der Waals surface area (Å²) in [6.45, 7) is 0.351. The smallest absolute Gasteiger partial charge is 0.130 e. The molecule has 0 bridgehead atoms. The molecule has 4 heteroatoms. The monoisotopic (exact) mass is 196 g/mol. The lowest BCUT2D eigenvalue weighted by Crippen LogP contribution is -2.03. The Morgan fingerprint density at radius 3 is 2.00 bits per heavy atom. The zero-order valence-corrected chi connectivity index (χ0v) is 8.37. The molecule has 4 nitrogen and oxygen atoms in total. The van der Waals surface area contributed by atoms with Crippen LogP contribution in [0.3, 0.4) is 0 Å². The van der Waals surface area contributed by atoms with Crippen LogP contribution >= 0.6 is 0 Å². The number of benzene rings is 1. The van der Waals surface area contributed by atoms with Crippen LogP contribution in [-0.4, -0.2) is 14.2 Å². The summed E-state index contributed by atoms with van der Waals surface area (Å²) in [6.07, 6.45) is 0. The summed E-state index contributed by atoms with van der Waals surface area (Å²) in [7, 11) is 6.46. The maximum absolute atomic E-state index is 5.58. The lowest BCUT2D eigenvalue weighted by molar-refractivity contribution is 0.377. The fourth-order valence-corrected chi connectivity index (χ4v) is 1.24. The summed E-state index contributed by atoms with van der Waals surface area (Å²) in [5.74, 6) is 1.87. The first-order chi connectivity index (χ1) is 6.76. The van der Waals surface area contributed by atoms with Gasteiger partial charge in [-0.05, 0) is 0 Å². The van der Waals surface area contributed by atoms with Gasteiger partial charge in [0.15, 0.2) is 0 Å². The average molecular weight is 196 g/mol. The Kier molecular flexibility index (Phi) is 3.59. The molecule has 0 spiro atoms. The fourth-order valence-electron chi connectivity index (χ4n) is 1.24. The van der Waals surface area contributed by atoms with Gasteiger partial charge in [-0.2, -0.15) is 0 Å². The molecule has 14 heavy (non-hydrogen) atoms. The predicted octanol–water partition coefficient (Wildman–Crippen LogP) is 1.33. The van der Waals surface area contributed by atoms with E-state index in [1.165, 1.54) is 0 Å². The number of rotatable bonds is 4. The Morgan fingerprint density at radius 1 is 1.21 bits per heavy atom. The molecule has 77 valence electrons. The van der Waals surface area contributed by atoms with Crippen molar-refractivity contribution in [1.82, 2.24) is 0 Å². The van der Waals surface area contributed by atoms with E-state index in [-0.39, 0.29) is 0 Å². The van der Waals surface area contributed by atoms with Crippen LogP contribution in [0.1, 0.15) is 5.56 Å². The van der Waals surface area contributed by atoms with E-state index in [0.29, 0.717) is 23.8 Å². The molecule has 0 aromatic heterocycles. The minimum atomic E-state index is 0.351. The number of hydrogen-bond donors (Lipinski definition) is 1. The summed E-state index contributed by atoms with van der Waals surface area (Å²) in [6, 6.07) is 3.44. The zero-order chi connectivity index (χ0) is 10.6. The van der Waals surface area contributed by atoms with Gasteiger partial charge >= 0.3 is 0 Å². The Hall–Kier alpha value is -1.42. The third-order valence-electron chi connectivity index (χ3n) is 1.95. The average Bonchev–Trinajstić information content (AvgIpc) is 2.26. The molecule has 0 unspecified atom stereocenters. The predicted molar refractivity (Wildman–Crippen MR) is 53.4 cm³/mol. The highest BCUT2D eigenvalue weighted by Gasteiger charge is 2.10. The molecule has 0 saturated heterocycles. The van der Waals surface area contributed by atoms with Crippen LogP contribution in [0.4, 0.5) is 0 Å². The van der Waals surface area contributed by atoms with Crippen molar-refractivity contribution in [2.45, 2.75) is 6.54 Å². The Balaban J connectivity index is 3.24. The zero-order valence-electron chi connectivity index (χ0n) is 8.37. The van der Waals surface area contributed by atoms with Crippen molar-refractivity contribution in [2.24, 2.45) is 5.73 Å². The normalized spacial score (nSPS) is 9.71. The molecule has 0 amide bonds. The number of ether oxygens (including phenoxy) is 3. The van der Waals surface area contributed by atoms with E-state index >= 15 is 0 Å². The van der Waals surface area contributed by atoms with Crippen molar-refractivity contribution in [3.63, 3.8) is 0 Å². The molecule has 1 aromatic carbocycles. The van der Waals surface area contributed by atoms with Crippen molar-refractivity contribution in [1.29, 1.82) is 0 Å². The summed E-state index contributed by atoms with van der Waals surface area (Å²) in [5, 5.41) is 0. The van der Waals surface area contributed by atoms with Gasteiger partial charge in [-0.25, -0.2) is 0 Å². The molecule has 0 saturated carbocycles. The van der Waals surface area contributed by atoms with Gasteiger partial charge in [0.1, 0.15) is 24.4 Å². The minimum absolute atomic E-state index is 0.351. The summed E-state index contributed by atoms with van der Waals surface area (Å²) in [5.41, 5.74) is 6.39. The van der Waals surface area contributed by atoms with Gasteiger partial charge in [-0.3, -0.25) is 0 Å². The third kappa shape index (κ3) is 1.90. The number of nitrogens with two attached hydrogens (primary N) is 1. The molecule has 0 atom stereocenters. The molecule has 1 rings (SSSR count). The summed E-state index contributed by atoms with van der Waals surface area (Å²) >= 11 is 0. The van der Waals surface area contributed by atoms with E-state index in [2.05, 4.69) is 7.11 Å². The third-order valence-corrected chi connectivity index (χ3v) is 1.95. The van der Waals surface area contributed by atoms with E-state index in [4.69, 9.17) is 19.9 Å². The van der Waals surface area contributed by atoms with Gasteiger partial charge in [0.2, 0.25) is 0 Å². The standard InChI is InChI=1S/C10H14NO3/c1-12-7-4-9(13-2)8(6-11)10(5-7)14-3/h4-5H,1,6,11H2,2-3H3. The van der Waals surface area contributed by atoms with Crippen LogP contribution < -0.4 is 19.9 Å². The van der Waals surface area contributed by atoms with Gasteiger partial charge in [-0.1, -0.05) is 0 Å². The molecular weight excluding hydrogens is 182 g/mol. The quantitative estimate of drug-likeness (QED) is 0.789. The number of methoxy groups -OCH3 is 2. The fraction of sp³-hybridized carbons (Fsp3) is 0.300. The highest BCUT2D eigenvalue weighted by molar-refractivity contribution is 5.50. The minimum Gasteiger partial charge on any atom is -0.496 e. The van der Waals surface area contributed by atoms with Gasteiger partial charge in [-0.15, -0.1) is 0 Å². The Morgan fingerprint density at radius 2 is 1.71 bits per heavy atom. The molecule has 0 aliphatic heterocycles. The van der Waals surface area contributed by atoms with E-state index in [1.807, 2.05) is 0 Å². The summed E-state index contributed by atoms with van der Waals surface area (Å²) in [4.78, 5) is 0. The maximum Gasteiger partial charge on any atom is 0.130 e. The molecule has 2 N–H and O–H groups in total. The van der Waals surface area contributed by atoms with Crippen LogP contribution in [0.15, 0.2) is 12.1 Å². The van der Waals surface area contributed by atoms with Crippen LogP contribution in [0.25, 0.3) is 0 Å². The largest absolute Gasteiger partial charge is 0.496 e. The molecular formula is C10H14NO3. The van der Waals surface area contributed by atoms with Crippen molar-refractivity contribution in [3.8, 4) is 17.2 Å². The first kappa shape index (κ1) is 10.7. The Labute approximate surface area is 83.6 Å². The van der Waals surface area contributed by atoms with Crippen LogP contribution in [0, 0.1) is 7.11 Å². The van der Waals surface area contributed by atoms with Crippen LogP contribution in [0.5, 0.6) is 17.2 Å². The van der Waals surface area contributed by atoms with Gasteiger partial charge < -0.3 is 19.9 Å². The van der Waals surface area contributed by atoms with E-state index in [9.17, 15) is 0 Å². The second-order valence-corrected chi connectivity index (χ2v) is 2.65. The van der Waals surface area contributed by atoms with Crippen LogP contribution in [0.2, 0.25) is 0 Å². The van der Waals surface area contributed by atoms with E-state index < -0.39 is 0 Å². The van der Waals surface area contributed by atoms with E-state index in [0.717, 1.165) is 5.56 Å². The van der Waals surface area contributed by atoms with Crippen molar-refractivity contribution >= 4 is 0 Å². The van der Waals surface area contributed by atoms with Crippen LogP contribution in [-0.2, 0) is 6.54 Å². The lowest BCUT2D eigenvalue weighted by atomic mass is 10.1. The first-order valence-corrected chi connectivity index (χ1v) is 4.13. The summed E-state index contributed by atoms with van der Waals surface area (Å²) < 4.78 is 15.2. The number of hydrogen-bond acceptors (Lipinski definition) is 4. The molecule has 0 aliphatic rings. The molecule has 0 aliphatic carbocycles. The maximum atomic E-state index is 5.58. The van der Waals surface area contributed by atoms with Gasteiger partial charge in [0.25, 0.3) is 0 Å². The second-order valence-electron chi connectivity index (χ2n) is 2.65. The van der Waals surface area contributed by atoms with Crippen molar-refractivity contribution in [2.75, 3.05) is 14.2 Å². The van der Waals surface area contributed by atoms with Crippen molar-refractivity contribution < 1.29 is 14.2 Å².